The Morgan fingerprint density at radius 3 is 2.70 bits per heavy atom. The number of alkyl carbamates (subject to hydrolysis) is 1. The van der Waals surface area contributed by atoms with Gasteiger partial charge in [0.25, 0.3) is 0 Å². The molecule has 4 aliphatic rings. The van der Waals surface area contributed by atoms with Crippen LogP contribution in [0.15, 0.2) is 18.2 Å². The zero-order valence-electron chi connectivity index (χ0n) is 20.2. The van der Waals surface area contributed by atoms with Gasteiger partial charge in [0.1, 0.15) is 5.60 Å². The number of piperidine rings is 1. The number of carbonyl (C=O) groups excluding carboxylic acids is 1. The van der Waals surface area contributed by atoms with Gasteiger partial charge in [-0.05, 0) is 83.4 Å². The zero-order chi connectivity index (χ0) is 23.2. The third-order valence-corrected chi connectivity index (χ3v) is 8.26. The fourth-order valence-electron chi connectivity index (χ4n) is 6.38. The van der Waals surface area contributed by atoms with Gasteiger partial charge in [0, 0.05) is 44.4 Å². The standard InChI is InChI=1S/C26H38ClN3O3/c1-25(2,3)33-24(31)28-21-16-19-6-8-23(21)30(19)17-18-5-7-22(20(27)15-18)29-12-10-26(11-13-29)9-4-14-32-26/h5,7,15,19,21,23H,4,6,8-14,16-17H2,1-3H3,(H,28,31)/t19-,21+,23+/m1/s1. The average Bonchev–Trinajstić information content (AvgIpc) is 3.43. The minimum absolute atomic E-state index is 0.127. The summed E-state index contributed by atoms with van der Waals surface area (Å²) in [7, 11) is 0. The quantitative estimate of drug-likeness (QED) is 0.655. The molecule has 1 aromatic rings. The predicted molar refractivity (Wildman–Crippen MR) is 131 cm³/mol. The van der Waals surface area contributed by atoms with E-state index in [4.69, 9.17) is 21.1 Å². The molecule has 7 heteroatoms. The van der Waals surface area contributed by atoms with Crippen molar-refractivity contribution < 1.29 is 14.3 Å². The summed E-state index contributed by atoms with van der Waals surface area (Å²) in [5, 5.41) is 3.96. The maximum absolute atomic E-state index is 12.3. The summed E-state index contributed by atoms with van der Waals surface area (Å²) in [5.41, 5.74) is 2.04. The second kappa shape index (κ2) is 8.94. The molecule has 2 bridgehead atoms. The predicted octanol–water partition coefficient (Wildman–Crippen LogP) is 5.12. The molecule has 0 saturated carbocycles. The van der Waals surface area contributed by atoms with Gasteiger partial charge in [-0.1, -0.05) is 17.7 Å². The Morgan fingerprint density at radius 2 is 2.03 bits per heavy atom. The van der Waals surface area contributed by atoms with Crippen molar-refractivity contribution in [3.05, 3.63) is 28.8 Å². The molecule has 0 unspecified atom stereocenters. The molecule has 4 fully saturated rings. The first-order chi connectivity index (χ1) is 15.7. The van der Waals surface area contributed by atoms with Gasteiger partial charge in [0.05, 0.1) is 16.3 Å². The summed E-state index contributed by atoms with van der Waals surface area (Å²) in [6, 6.07) is 7.60. The van der Waals surface area contributed by atoms with Gasteiger partial charge in [-0.3, -0.25) is 4.90 Å². The van der Waals surface area contributed by atoms with Gasteiger partial charge < -0.3 is 19.7 Å². The van der Waals surface area contributed by atoms with E-state index < -0.39 is 5.60 Å². The highest BCUT2D eigenvalue weighted by molar-refractivity contribution is 6.33. The molecule has 0 radical (unpaired) electrons. The van der Waals surface area contributed by atoms with Crippen LogP contribution in [0.3, 0.4) is 0 Å². The normalized spacial score (nSPS) is 29.1. The Kier molecular flexibility index (Phi) is 6.30. The highest BCUT2D eigenvalue weighted by Gasteiger charge is 2.47. The maximum Gasteiger partial charge on any atom is 0.407 e. The average molecular weight is 476 g/mol. The van der Waals surface area contributed by atoms with Crippen LogP contribution in [-0.2, 0) is 16.0 Å². The number of fused-ring (bicyclic) bond motifs is 2. The second-order valence-corrected chi connectivity index (χ2v) is 11.8. The molecule has 0 aliphatic carbocycles. The summed E-state index contributed by atoms with van der Waals surface area (Å²) >= 11 is 6.78. The molecule has 1 N–H and O–H groups in total. The van der Waals surface area contributed by atoms with Gasteiger partial charge in [0.2, 0.25) is 0 Å². The second-order valence-electron chi connectivity index (χ2n) is 11.4. The van der Waals surface area contributed by atoms with Crippen molar-refractivity contribution in [2.75, 3.05) is 24.6 Å². The van der Waals surface area contributed by atoms with Crippen LogP contribution in [0.2, 0.25) is 5.02 Å². The third kappa shape index (κ3) is 4.98. The highest BCUT2D eigenvalue weighted by atomic mass is 35.5. The van der Waals surface area contributed by atoms with E-state index >= 15 is 0 Å². The lowest BCUT2D eigenvalue weighted by Gasteiger charge is -2.40. The Balaban J connectivity index is 1.19. The van der Waals surface area contributed by atoms with Crippen LogP contribution in [0, 0.1) is 0 Å². The lowest BCUT2D eigenvalue weighted by atomic mass is 9.88. The third-order valence-electron chi connectivity index (χ3n) is 7.96. The molecule has 6 nitrogen and oxygen atoms in total. The molecule has 3 atom stereocenters. The summed E-state index contributed by atoms with van der Waals surface area (Å²) in [6.07, 6.45) is 7.58. The van der Waals surface area contributed by atoms with Crippen molar-refractivity contribution in [1.82, 2.24) is 10.2 Å². The first kappa shape index (κ1) is 23.3. The summed E-state index contributed by atoms with van der Waals surface area (Å²) < 4.78 is 11.6. The van der Waals surface area contributed by atoms with Gasteiger partial charge in [-0.2, -0.15) is 0 Å². The first-order valence-corrected chi connectivity index (χ1v) is 13.0. The largest absolute Gasteiger partial charge is 0.444 e. The number of nitrogens with zero attached hydrogens (tertiary/aromatic N) is 2. The zero-order valence-corrected chi connectivity index (χ0v) is 21.0. The van der Waals surface area contributed by atoms with Gasteiger partial charge >= 0.3 is 6.09 Å². The Labute approximate surface area is 202 Å². The molecule has 0 aromatic heterocycles. The Bertz CT molecular complexity index is 870. The van der Waals surface area contributed by atoms with Gasteiger partial charge in [0.15, 0.2) is 0 Å². The fraction of sp³-hybridized carbons (Fsp3) is 0.731. The SMILES string of the molecule is CC(C)(C)OC(=O)N[C@H]1C[C@H]2CC[C@@H]1N2Cc1ccc(N2CCC3(CCCO3)CC2)c(Cl)c1. The molecular formula is C26H38ClN3O3. The minimum atomic E-state index is -0.473. The van der Waals surface area contributed by atoms with Crippen molar-refractivity contribution in [3.8, 4) is 0 Å². The van der Waals surface area contributed by atoms with E-state index in [2.05, 4.69) is 33.3 Å². The van der Waals surface area contributed by atoms with Crippen LogP contribution in [0.25, 0.3) is 0 Å². The van der Waals surface area contributed by atoms with E-state index in [-0.39, 0.29) is 17.7 Å². The molecular weight excluding hydrogens is 438 g/mol. The minimum Gasteiger partial charge on any atom is -0.444 e. The summed E-state index contributed by atoms with van der Waals surface area (Å²) in [4.78, 5) is 17.3. The van der Waals surface area contributed by atoms with E-state index in [1.54, 1.807) is 0 Å². The number of halogens is 1. The monoisotopic (exact) mass is 475 g/mol. The molecule has 1 aromatic carbocycles. The molecule has 1 spiro atoms. The molecule has 4 saturated heterocycles. The Morgan fingerprint density at radius 1 is 1.24 bits per heavy atom. The number of nitrogens with one attached hydrogen (secondary N) is 1. The number of carbonyl (C=O) groups is 1. The molecule has 4 aliphatic heterocycles. The summed E-state index contributed by atoms with van der Waals surface area (Å²) in [5.74, 6) is 0. The van der Waals surface area contributed by atoms with Crippen LogP contribution in [-0.4, -0.2) is 60.0 Å². The number of hydrogen-bond acceptors (Lipinski definition) is 5. The number of ether oxygens (including phenoxy) is 2. The van der Waals surface area contributed by atoms with E-state index in [0.717, 1.165) is 62.6 Å². The van der Waals surface area contributed by atoms with Gasteiger partial charge in [-0.25, -0.2) is 4.79 Å². The van der Waals surface area contributed by atoms with E-state index in [9.17, 15) is 4.79 Å². The van der Waals surface area contributed by atoms with Crippen molar-refractivity contribution in [2.45, 2.75) is 102 Å². The van der Waals surface area contributed by atoms with E-state index in [0.29, 0.717) is 12.1 Å². The van der Waals surface area contributed by atoms with Crippen molar-refractivity contribution in [2.24, 2.45) is 0 Å². The van der Waals surface area contributed by atoms with Crippen LogP contribution in [0.5, 0.6) is 0 Å². The van der Waals surface area contributed by atoms with E-state index in [1.807, 2.05) is 20.8 Å². The molecule has 1 amide bonds. The van der Waals surface area contributed by atoms with Crippen LogP contribution in [0.4, 0.5) is 10.5 Å². The van der Waals surface area contributed by atoms with Gasteiger partial charge in [-0.15, -0.1) is 0 Å². The first-order valence-electron chi connectivity index (χ1n) is 12.6. The lowest BCUT2D eigenvalue weighted by molar-refractivity contribution is -0.0146. The fourth-order valence-corrected chi connectivity index (χ4v) is 6.71. The summed E-state index contributed by atoms with van der Waals surface area (Å²) in [6.45, 7) is 9.51. The maximum atomic E-state index is 12.3. The van der Waals surface area contributed by atoms with Crippen LogP contribution >= 0.6 is 11.6 Å². The number of rotatable bonds is 4. The topological polar surface area (TPSA) is 54.0 Å². The lowest BCUT2D eigenvalue weighted by Crippen LogP contribution is -2.45. The van der Waals surface area contributed by atoms with Crippen molar-refractivity contribution >= 4 is 23.4 Å². The molecule has 182 valence electrons. The van der Waals surface area contributed by atoms with E-state index in [1.165, 1.54) is 24.8 Å². The van der Waals surface area contributed by atoms with Crippen molar-refractivity contribution in [1.29, 1.82) is 0 Å². The van der Waals surface area contributed by atoms with Crippen LogP contribution in [0.1, 0.15) is 71.3 Å². The highest BCUT2D eigenvalue weighted by Crippen LogP contribution is 2.41. The number of benzene rings is 1. The molecule has 33 heavy (non-hydrogen) atoms. The number of hydrogen-bond donors (Lipinski definition) is 1. The van der Waals surface area contributed by atoms with Crippen molar-refractivity contribution in [3.63, 3.8) is 0 Å². The molecule has 5 rings (SSSR count). The number of amides is 1. The van der Waals surface area contributed by atoms with Crippen LogP contribution < -0.4 is 10.2 Å². The smallest absolute Gasteiger partial charge is 0.407 e. The number of anilines is 1. The molecule has 4 heterocycles. The Hall–Kier alpha value is -1.50.